The van der Waals surface area contributed by atoms with Gasteiger partial charge in [0, 0.05) is 32.0 Å². The van der Waals surface area contributed by atoms with Crippen LogP contribution in [0.4, 0.5) is 0 Å². The van der Waals surface area contributed by atoms with Gasteiger partial charge in [-0.15, -0.1) is 24.0 Å². The molecule has 23 heavy (non-hydrogen) atoms. The normalized spacial score (nSPS) is 11.1. The molecule has 0 atom stereocenters. The minimum Gasteiger partial charge on any atom is -0.475 e. The van der Waals surface area contributed by atoms with Crippen LogP contribution in [-0.2, 0) is 11.3 Å². The Morgan fingerprint density at radius 3 is 2.74 bits per heavy atom. The number of halogens is 1. The number of aromatic nitrogens is 1. The van der Waals surface area contributed by atoms with Crippen LogP contribution >= 0.6 is 24.0 Å². The summed E-state index contributed by atoms with van der Waals surface area (Å²) in [6.45, 7) is 9.64. The first-order chi connectivity index (χ1) is 10.7. The van der Waals surface area contributed by atoms with Gasteiger partial charge in [0.15, 0.2) is 5.96 Å². The molecule has 0 saturated carbocycles. The molecule has 132 valence electrons. The highest BCUT2D eigenvalue weighted by atomic mass is 127. The molecule has 0 aromatic carbocycles. The molecular formula is C16H29IN4O2. The topological polar surface area (TPSA) is 67.8 Å². The first kappa shape index (κ1) is 21.9. The maximum Gasteiger partial charge on any atom is 0.218 e. The number of nitrogens with one attached hydrogen (secondary N) is 2. The summed E-state index contributed by atoms with van der Waals surface area (Å²) < 4.78 is 10.6. The molecule has 7 heteroatoms. The fourth-order valence-electron chi connectivity index (χ4n) is 1.70. The van der Waals surface area contributed by atoms with Gasteiger partial charge in [-0.2, -0.15) is 0 Å². The molecule has 0 radical (unpaired) electrons. The molecule has 0 unspecified atom stereocenters. The second-order valence-electron chi connectivity index (χ2n) is 5.28. The smallest absolute Gasteiger partial charge is 0.218 e. The van der Waals surface area contributed by atoms with E-state index in [-0.39, 0.29) is 24.0 Å². The van der Waals surface area contributed by atoms with Crippen LogP contribution in [0.1, 0.15) is 26.3 Å². The highest BCUT2D eigenvalue weighted by molar-refractivity contribution is 14.0. The van der Waals surface area contributed by atoms with Crippen LogP contribution in [0.3, 0.4) is 0 Å². The zero-order valence-corrected chi connectivity index (χ0v) is 16.8. The van der Waals surface area contributed by atoms with Crippen molar-refractivity contribution >= 4 is 29.9 Å². The van der Waals surface area contributed by atoms with Gasteiger partial charge in [0.1, 0.15) is 6.61 Å². The van der Waals surface area contributed by atoms with Gasteiger partial charge in [0.05, 0.1) is 13.2 Å². The summed E-state index contributed by atoms with van der Waals surface area (Å²) in [5.41, 5.74) is 0.959. The van der Waals surface area contributed by atoms with Gasteiger partial charge in [-0.25, -0.2) is 9.98 Å². The van der Waals surface area contributed by atoms with Crippen molar-refractivity contribution in [3.05, 3.63) is 23.9 Å². The molecule has 2 N–H and O–H groups in total. The Labute approximate surface area is 156 Å². The van der Waals surface area contributed by atoms with Gasteiger partial charge >= 0.3 is 0 Å². The Kier molecular flexibility index (Phi) is 12.7. The summed E-state index contributed by atoms with van der Waals surface area (Å²) in [6, 6.07) is 3.87. The summed E-state index contributed by atoms with van der Waals surface area (Å²) >= 11 is 0. The summed E-state index contributed by atoms with van der Waals surface area (Å²) in [5, 5.41) is 6.56. The predicted octanol–water partition coefficient (Wildman–Crippen LogP) is 2.44. The quantitative estimate of drug-likeness (QED) is 0.270. The number of hydrogen-bond acceptors (Lipinski definition) is 4. The Hall–Kier alpha value is -1.09. The van der Waals surface area contributed by atoms with Crippen LogP contribution in [0.2, 0.25) is 0 Å². The molecule has 0 amide bonds. The SMILES string of the molecule is CCNC(=NCc1cccnc1OCCOC)NCC(C)C.I. The molecule has 1 aromatic rings. The monoisotopic (exact) mass is 436 g/mol. The number of aliphatic imine (C=N–C) groups is 1. The molecule has 0 spiro atoms. The lowest BCUT2D eigenvalue weighted by Crippen LogP contribution is -2.39. The highest BCUT2D eigenvalue weighted by Gasteiger charge is 2.05. The third kappa shape index (κ3) is 9.60. The number of ether oxygens (including phenoxy) is 2. The van der Waals surface area contributed by atoms with Crippen molar-refractivity contribution in [3.8, 4) is 5.88 Å². The molecule has 1 heterocycles. The van der Waals surface area contributed by atoms with E-state index >= 15 is 0 Å². The molecule has 6 nitrogen and oxygen atoms in total. The molecule has 0 aliphatic carbocycles. The van der Waals surface area contributed by atoms with Crippen LogP contribution in [0.5, 0.6) is 5.88 Å². The lowest BCUT2D eigenvalue weighted by Gasteiger charge is -2.13. The maximum absolute atomic E-state index is 5.62. The number of rotatable bonds is 9. The fourth-order valence-corrected chi connectivity index (χ4v) is 1.70. The third-order valence-electron chi connectivity index (χ3n) is 2.81. The van der Waals surface area contributed by atoms with E-state index in [0.29, 0.717) is 31.6 Å². The predicted molar refractivity (Wildman–Crippen MR) is 105 cm³/mol. The Morgan fingerprint density at radius 2 is 2.09 bits per heavy atom. The van der Waals surface area contributed by atoms with E-state index in [0.717, 1.165) is 24.6 Å². The van der Waals surface area contributed by atoms with Crippen molar-refractivity contribution in [3.63, 3.8) is 0 Å². The van der Waals surface area contributed by atoms with E-state index in [1.807, 2.05) is 12.1 Å². The summed E-state index contributed by atoms with van der Waals surface area (Å²) in [5.74, 6) is 1.99. The average molecular weight is 436 g/mol. The number of methoxy groups -OCH3 is 1. The van der Waals surface area contributed by atoms with Gasteiger partial charge in [0.25, 0.3) is 0 Å². The van der Waals surface area contributed by atoms with Gasteiger partial charge in [0.2, 0.25) is 5.88 Å². The lowest BCUT2D eigenvalue weighted by molar-refractivity contribution is 0.143. The van der Waals surface area contributed by atoms with E-state index < -0.39 is 0 Å². The van der Waals surface area contributed by atoms with Crippen LogP contribution in [0.25, 0.3) is 0 Å². The van der Waals surface area contributed by atoms with Crippen LogP contribution < -0.4 is 15.4 Å². The summed E-state index contributed by atoms with van der Waals surface area (Å²) in [6.07, 6.45) is 1.72. The van der Waals surface area contributed by atoms with E-state index in [1.165, 1.54) is 0 Å². The molecule has 0 bridgehead atoms. The zero-order chi connectivity index (χ0) is 16.2. The van der Waals surface area contributed by atoms with Crippen LogP contribution in [0.15, 0.2) is 23.3 Å². The number of nitrogens with zero attached hydrogens (tertiary/aromatic N) is 2. The van der Waals surface area contributed by atoms with Crippen molar-refractivity contribution in [2.24, 2.45) is 10.9 Å². The second-order valence-corrected chi connectivity index (χ2v) is 5.28. The first-order valence-electron chi connectivity index (χ1n) is 7.75. The molecule has 0 saturated heterocycles. The molecule has 0 aliphatic rings. The van der Waals surface area contributed by atoms with Crippen molar-refractivity contribution in [2.45, 2.75) is 27.3 Å². The Morgan fingerprint density at radius 1 is 1.30 bits per heavy atom. The van der Waals surface area contributed by atoms with Gasteiger partial charge < -0.3 is 20.1 Å². The summed E-state index contributed by atoms with van der Waals surface area (Å²) in [4.78, 5) is 8.85. The van der Waals surface area contributed by atoms with E-state index in [4.69, 9.17) is 9.47 Å². The average Bonchev–Trinajstić information content (AvgIpc) is 2.51. The molecule has 0 fully saturated rings. The zero-order valence-electron chi connectivity index (χ0n) is 14.5. The lowest BCUT2D eigenvalue weighted by atomic mass is 10.2. The van der Waals surface area contributed by atoms with E-state index in [9.17, 15) is 0 Å². The van der Waals surface area contributed by atoms with Crippen molar-refractivity contribution < 1.29 is 9.47 Å². The van der Waals surface area contributed by atoms with Gasteiger partial charge in [-0.3, -0.25) is 0 Å². The maximum atomic E-state index is 5.62. The minimum absolute atomic E-state index is 0. The first-order valence-corrected chi connectivity index (χ1v) is 7.75. The van der Waals surface area contributed by atoms with E-state index in [2.05, 4.69) is 41.4 Å². The van der Waals surface area contributed by atoms with Crippen molar-refractivity contribution in [1.82, 2.24) is 15.6 Å². The third-order valence-corrected chi connectivity index (χ3v) is 2.81. The molecular weight excluding hydrogens is 407 g/mol. The van der Waals surface area contributed by atoms with Crippen LogP contribution in [0, 0.1) is 5.92 Å². The van der Waals surface area contributed by atoms with E-state index in [1.54, 1.807) is 13.3 Å². The minimum atomic E-state index is 0. The number of guanidine groups is 1. The standard InChI is InChI=1S/C16H28N4O2.HI/c1-5-17-16(19-11-13(2)3)20-12-14-7-6-8-18-15(14)22-10-9-21-4;/h6-8,13H,5,9-12H2,1-4H3,(H2,17,19,20);1H. The number of hydrogen-bond donors (Lipinski definition) is 2. The van der Waals surface area contributed by atoms with Gasteiger partial charge in [-0.1, -0.05) is 19.9 Å². The highest BCUT2D eigenvalue weighted by Crippen LogP contribution is 2.15. The number of pyridine rings is 1. The van der Waals surface area contributed by atoms with Gasteiger partial charge in [-0.05, 0) is 18.9 Å². The van der Waals surface area contributed by atoms with Crippen molar-refractivity contribution in [2.75, 3.05) is 33.4 Å². The van der Waals surface area contributed by atoms with Crippen molar-refractivity contribution in [1.29, 1.82) is 0 Å². The molecule has 1 rings (SSSR count). The largest absolute Gasteiger partial charge is 0.475 e. The molecule has 1 aromatic heterocycles. The second kappa shape index (κ2) is 13.4. The fraction of sp³-hybridized carbons (Fsp3) is 0.625. The Balaban J connectivity index is 0.00000484. The molecule has 0 aliphatic heterocycles. The Bertz CT molecular complexity index is 455. The summed E-state index contributed by atoms with van der Waals surface area (Å²) in [7, 11) is 1.65. The van der Waals surface area contributed by atoms with Crippen LogP contribution in [-0.4, -0.2) is 44.4 Å².